The molecule has 2 aliphatic rings. The molecule has 2 amide bonds. The number of amides is 2. The molecule has 1 aromatic carbocycles. The predicted octanol–water partition coefficient (Wildman–Crippen LogP) is 1.76. The molecule has 26 heavy (non-hydrogen) atoms. The Kier molecular flexibility index (Phi) is 4.93. The van der Waals surface area contributed by atoms with Crippen molar-refractivity contribution < 1.29 is 14.3 Å². The molecule has 1 saturated heterocycles. The lowest BCUT2D eigenvalue weighted by molar-refractivity contribution is -0.127. The standard InChI is InChI=1S/C20H25N3O3/c24-19(16-10-17(16)20(25)23-12-14-4-3-9-26-14)21-8-7-13-11-22-18-6-2-1-5-15(13)18/h1-2,5-6,11,14,16-17,22H,3-4,7-10,12H2,(H,21,24)(H,23,25). The van der Waals surface area contributed by atoms with Crippen molar-refractivity contribution in [2.75, 3.05) is 19.7 Å². The monoisotopic (exact) mass is 355 g/mol. The zero-order chi connectivity index (χ0) is 17.9. The van der Waals surface area contributed by atoms with Gasteiger partial charge in [0.1, 0.15) is 0 Å². The first-order valence-electron chi connectivity index (χ1n) is 9.44. The highest BCUT2D eigenvalue weighted by molar-refractivity contribution is 5.92. The molecule has 3 unspecified atom stereocenters. The Labute approximate surface area is 152 Å². The molecule has 1 aliphatic heterocycles. The molecule has 0 bridgehead atoms. The number of para-hydroxylation sites is 1. The van der Waals surface area contributed by atoms with Crippen molar-refractivity contribution in [1.82, 2.24) is 15.6 Å². The van der Waals surface area contributed by atoms with Gasteiger partial charge >= 0.3 is 0 Å². The number of aromatic nitrogens is 1. The molecule has 2 fully saturated rings. The first-order chi connectivity index (χ1) is 12.7. The second kappa shape index (κ2) is 7.50. The number of hydrogen-bond donors (Lipinski definition) is 3. The second-order valence-corrected chi connectivity index (χ2v) is 7.23. The predicted molar refractivity (Wildman–Crippen MR) is 98.6 cm³/mol. The van der Waals surface area contributed by atoms with Crippen LogP contribution in [0.5, 0.6) is 0 Å². The van der Waals surface area contributed by atoms with E-state index >= 15 is 0 Å². The Morgan fingerprint density at radius 2 is 1.96 bits per heavy atom. The minimum atomic E-state index is -0.178. The highest BCUT2D eigenvalue weighted by atomic mass is 16.5. The van der Waals surface area contributed by atoms with E-state index in [1.165, 1.54) is 10.9 Å². The minimum Gasteiger partial charge on any atom is -0.376 e. The summed E-state index contributed by atoms with van der Waals surface area (Å²) in [5.41, 5.74) is 2.31. The van der Waals surface area contributed by atoms with Gasteiger partial charge in [0.25, 0.3) is 0 Å². The fourth-order valence-electron chi connectivity index (χ4n) is 3.72. The van der Waals surface area contributed by atoms with Gasteiger partial charge in [-0.2, -0.15) is 0 Å². The van der Waals surface area contributed by atoms with Crippen molar-refractivity contribution in [3.05, 3.63) is 36.0 Å². The summed E-state index contributed by atoms with van der Waals surface area (Å²) in [7, 11) is 0. The van der Waals surface area contributed by atoms with E-state index in [2.05, 4.69) is 21.7 Å². The van der Waals surface area contributed by atoms with Crippen LogP contribution in [-0.4, -0.2) is 42.6 Å². The average molecular weight is 355 g/mol. The summed E-state index contributed by atoms with van der Waals surface area (Å²) < 4.78 is 5.50. The van der Waals surface area contributed by atoms with E-state index in [-0.39, 0.29) is 29.8 Å². The molecular formula is C20H25N3O3. The molecule has 0 spiro atoms. The Morgan fingerprint density at radius 3 is 2.77 bits per heavy atom. The normalized spacial score (nSPS) is 24.5. The van der Waals surface area contributed by atoms with Crippen LogP contribution in [0.3, 0.4) is 0 Å². The van der Waals surface area contributed by atoms with Gasteiger partial charge in [-0.3, -0.25) is 9.59 Å². The van der Waals surface area contributed by atoms with Gasteiger partial charge in [0.15, 0.2) is 0 Å². The fraction of sp³-hybridized carbons (Fsp3) is 0.500. The Morgan fingerprint density at radius 1 is 1.15 bits per heavy atom. The SMILES string of the molecule is O=C(NCCc1c[nH]c2ccccc12)C1CC1C(=O)NCC1CCCO1. The number of ether oxygens (including phenoxy) is 1. The van der Waals surface area contributed by atoms with Gasteiger partial charge in [-0.05, 0) is 37.3 Å². The largest absolute Gasteiger partial charge is 0.376 e. The van der Waals surface area contributed by atoms with Gasteiger partial charge in [-0.25, -0.2) is 0 Å². The van der Waals surface area contributed by atoms with E-state index in [0.717, 1.165) is 31.4 Å². The van der Waals surface area contributed by atoms with E-state index < -0.39 is 0 Å². The summed E-state index contributed by atoms with van der Waals surface area (Å²) >= 11 is 0. The van der Waals surface area contributed by atoms with Crippen LogP contribution in [0.25, 0.3) is 10.9 Å². The maximum absolute atomic E-state index is 12.2. The highest BCUT2D eigenvalue weighted by Gasteiger charge is 2.47. The van der Waals surface area contributed by atoms with Crippen LogP contribution in [0.1, 0.15) is 24.8 Å². The van der Waals surface area contributed by atoms with Gasteiger partial charge in [-0.15, -0.1) is 0 Å². The molecule has 1 aliphatic carbocycles. The van der Waals surface area contributed by atoms with Crippen molar-refractivity contribution in [1.29, 1.82) is 0 Å². The van der Waals surface area contributed by atoms with Crippen LogP contribution in [0.2, 0.25) is 0 Å². The summed E-state index contributed by atoms with van der Waals surface area (Å²) in [4.78, 5) is 27.6. The Balaban J connectivity index is 1.19. The van der Waals surface area contributed by atoms with Crippen molar-refractivity contribution >= 4 is 22.7 Å². The maximum atomic E-state index is 12.2. The molecule has 6 nitrogen and oxygen atoms in total. The number of hydrogen-bond acceptors (Lipinski definition) is 3. The van der Waals surface area contributed by atoms with Crippen LogP contribution < -0.4 is 10.6 Å². The van der Waals surface area contributed by atoms with Crippen LogP contribution in [0, 0.1) is 11.8 Å². The van der Waals surface area contributed by atoms with E-state index in [4.69, 9.17) is 4.74 Å². The first-order valence-corrected chi connectivity index (χ1v) is 9.44. The molecule has 0 radical (unpaired) electrons. The molecule has 2 aromatic rings. The summed E-state index contributed by atoms with van der Waals surface area (Å²) in [6.45, 7) is 1.93. The maximum Gasteiger partial charge on any atom is 0.224 e. The lowest BCUT2D eigenvalue weighted by Crippen LogP contribution is -2.35. The molecular weight excluding hydrogens is 330 g/mol. The third-order valence-corrected chi connectivity index (χ3v) is 5.36. The summed E-state index contributed by atoms with van der Waals surface area (Å²) in [5, 5.41) is 7.09. The van der Waals surface area contributed by atoms with Crippen molar-refractivity contribution in [2.45, 2.75) is 31.8 Å². The fourth-order valence-corrected chi connectivity index (χ4v) is 3.72. The van der Waals surface area contributed by atoms with E-state index in [1.807, 2.05) is 24.4 Å². The molecule has 138 valence electrons. The van der Waals surface area contributed by atoms with E-state index in [1.54, 1.807) is 0 Å². The third kappa shape index (κ3) is 3.75. The lowest BCUT2D eigenvalue weighted by atomic mass is 10.1. The van der Waals surface area contributed by atoms with E-state index in [0.29, 0.717) is 19.5 Å². The van der Waals surface area contributed by atoms with Crippen molar-refractivity contribution in [2.24, 2.45) is 11.8 Å². The number of carbonyl (C=O) groups is 2. The Bertz CT molecular complexity index is 794. The topological polar surface area (TPSA) is 83.2 Å². The van der Waals surface area contributed by atoms with Crippen molar-refractivity contribution in [3.63, 3.8) is 0 Å². The number of nitrogens with one attached hydrogen (secondary N) is 3. The number of H-pyrrole nitrogens is 1. The zero-order valence-electron chi connectivity index (χ0n) is 14.8. The smallest absolute Gasteiger partial charge is 0.224 e. The van der Waals surface area contributed by atoms with Crippen LogP contribution in [0.4, 0.5) is 0 Å². The van der Waals surface area contributed by atoms with Crippen molar-refractivity contribution in [3.8, 4) is 0 Å². The van der Waals surface area contributed by atoms with Crippen LogP contribution in [0.15, 0.2) is 30.5 Å². The number of carbonyl (C=O) groups excluding carboxylic acids is 2. The number of fused-ring (bicyclic) bond motifs is 1. The lowest BCUT2D eigenvalue weighted by Gasteiger charge is -2.10. The average Bonchev–Trinajstić information content (AvgIpc) is 3.10. The van der Waals surface area contributed by atoms with E-state index in [9.17, 15) is 9.59 Å². The molecule has 2 heterocycles. The first kappa shape index (κ1) is 17.1. The van der Waals surface area contributed by atoms with Crippen LogP contribution >= 0.6 is 0 Å². The molecule has 1 saturated carbocycles. The quantitative estimate of drug-likeness (QED) is 0.708. The zero-order valence-corrected chi connectivity index (χ0v) is 14.8. The minimum absolute atomic E-state index is 0.0119. The van der Waals surface area contributed by atoms with Gasteiger partial charge < -0.3 is 20.4 Å². The number of rotatable bonds is 7. The van der Waals surface area contributed by atoms with Gasteiger partial charge in [0.2, 0.25) is 11.8 Å². The van der Waals surface area contributed by atoms with Crippen LogP contribution in [-0.2, 0) is 20.7 Å². The molecule has 1 aromatic heterocycles. The summed E-state index contributed by atoms with van der Waals surface area (Å²) in [5.74, 6) is -0.383. The number of benzene rings is 1. The number of aromatic amines is 1. The third-order valence-electron chi connectivity index (χ3n) is 5.36. The van der Waals surface area contributed by atoms with Gasteiger partial charge in [0, 0.05) is 36.8 Å². The molecule has 4 rings (SSSR count). The Hall–Kier alpha value is -2.34. The highest BCUT2D eigenvalue weighted by Crippen LogP contribution is 2.38. The molecule has 6 heteroatoms. The summed E-state index contributed by atoms with van der Waals surface area (Å²) in [6, 6.07) is 8.14. The van der Waals surface area contributed by atoms with Gasteiger partial charge in [0.05, 0.1) is 17.9 Å². The molecule has 3 atom stereocenters. The van der Waals surface area contributed by atoms with Gasteiger partial charge in [-0.1, -0.05) is 18.2 Å². The summed E-state index contributed by atoms with van der Waals surface area (Å²) in [6.07, 6.45) is 5.62. The second-order valence-electron chi connectivity index (χ2n) is 7.23. The molecule has 3 N–H and O–H groups in total.